The molecule has 0 bridgehead atoms. The summed E-state index contributed by atoms with van der Waals surface area (Å²) in [6.45, 7) is 7.53. The Morgan fingerprint density at radius 2 is 1.90 bits per heavy atom. The molecule has 0 fully saturated rings. The van der Waals surface area contributed by atoms with Crippen molar-refractivity contribution < 1.29 is 9.90 Å². The minimum Gasteiger partial charge on any atom is -0.383 e. The molecule has 1 atom stereocenters. The molecule has 20 heavy (non-hydrogen) atoms. The van der Waals surface area contributed by atoms with Gasteiger partial charge in [0.05, 0.1) is 6.54 Å². The van der Waals surface area contributed by atoms with Crippen molar-refractivity contribution >= 4 is 27.3 Å². The summed E-state index contributed by atoms with van der Waals surface area (Å²) in [7, 11) is 0. The van der Waals surface area contributed by atoms with Crippen LogP contribution in [-0.2, 0) is 10.4 Å². The molecule has 1 aromatic carbocycles. The van der Waals surface area contributed by atoms with Crippen molar-refractivity contribution in [1.82, 2.24) is 5.32 Å². The lowest BCUT2D eigenvalue weighted by molar-refractivity contribution is -0.129. The van der Waals surface area contributed by atoms with Gasteiger partial charge in [-0.25, -0.2) is 0 Å². The number of benzene rings is 1. The van der Waals surface area contributed by atoms with Crippen LogP contribution in [0.25, 0.3) is 10.1 Å². The summed E-state index contributed by atoms with van der Waals surface area (Å²) in [5.41, 5.74) is -1.50. The molecule has 0 saturated carbocycles. The average molecular weight is 291 g/mol. The van der Waals surface area contributed by atoms with Gasteiger partial charge in [0.2, 0.25) is 5.91 Å². The monoisotopic (exact) mass is 291 g/mol. The lowest BCUT2D eigenvalue weighted by Crippen LogP contribution is -2.42. The van der Waals surface area contributed by atoms with Crippen molar-refractivity contribution in [2.45, 2.75) is 33.3 Å². The van der Waals surface area contributed by atoms with E-state index in [4.69, 9.17) is 0 Å². The Hall–Kier alpha value is -1.39. The van der Waals surface area contributed by atoms with E-state index >= 15 is 0 Å². The van der Waals surface area contributed by atoms with Crippen LogP contribution in [0.3, 0.4) is 0 Å². The smallest absolute Gasteiger partial charge is 0.225 e. The van der Waals surface area contributed by atoms with E-state index in [2.05, 4.69) is 5.32 Å². The van der Waals surface area contributed by atoms with Crippen molar-refractivity contribution in [3.8, 4) is 0 Å². The number of carbonyl (C=O) groups excluding carboxylic acids is 1. The van der Waals surface area contributed by atoms with Gasteiger partial charge >= 0.3 is 0 Å². The predicted octanol–water partition coefficient (Wildman–Crippen LogP) is 3.27. The van der Waals surface area contributed by atoms with E-state index in [0.717, 1.165) is 15.0 Å². The maximum Gasteiger partial charge on any atom is 0.225 e. The first kappa shape index (κ1) is 15.0. The molecule has 3 nitrogen and oxygen atoms in total. The summed E-state index contributed by atoms with van der Waals surface area (Å²) >= 11 is 1.56. The van der Waals surface area contributed by atoms with Gasteiger partial charge < -0.3 is 10.4 Å². The quantitative estimate of drug-likeness (QED) is 0.912. The number of rotatable bonds is 3. The fourth-order valence-electron chi connectivity index (χ4n) is 1.85. The molecule has 4 heteroatoms. The molecule has 2 rings (SSSR count). The lowest BCUT2D eigenvalue weighted by atomic mass is 9.95. The highest BCUT2D eigenvalue weighted by Gasteiger charge is 2.28. The third kappa shape index (κ3) is 3.19. The zero-order chi connectivity index (χ0) is 15.0. The van der Waals surface area contributed by atoms with Gasteiger partial charge in [-0.15, -0.1) is 11.3 Å². The third-order valence-corrected chi connectivity index (χ3v) is 4.60. The number of hydrogen-bond donors (Lipinski definition) is 2. The fraction of sp³-hybridized carbons (Fsp3) is 0.438. The molecule has 2 aromatic rings. The van der Waals surface area contributed by atoms with Crippen LogP contribution < -0.4 is 5.32 Å². The van der Waals surface area contributed by atoms with Crippen LogP contribution in [0, 0.1) is 5.41 Å². The average Bonchev–Trinajstić information content (AvgIpc) is 2.79. The third-order valence-electron chi connectivity index (χ3n) is 3.23. The zero-order valence-corrected chi connectivity index (χ0v) is 13.2. The number of amides is 1. The molecule has 0 aliphatic rings. The van der Waals surface area contributed by atoms with Gasteiger partial charge in [0.1, 0.15) is 5.60 Å². The Morgan fingerprint density at radius 3 is 2.50 bits per heavy atom. The number of fused-ring (bicyclic) bond motifs is 1. The normalized spacial score (nSPS) is 15.1. The Balaban J connectivity index is 2.15. The summed E-state index contributed by atoms with van der Waals surface area (Å²) in [6, 6.07) is 10.0. The van der Waals surface area contributed by atoms with Crippen molar-refractivity contribution in [2.75, 3.05) is 6.54 Å². The lowest BCUT2D eigenvalue weighted by Gasteiger charge is -2.25. The molecule has 2 N–H and O–H groups in total. The highest BCUT2D eigenvalue weighted by molar-refractivity contribution is 7.19. The molecule has 1 heterocycles. The molecular formula is C16H21NO2S. The molecule has 0 radical (unpaired) electrons. The number of carbonyl (C=O) groups is 1. The first-order chi connectivity index (χ1) is 9.20. The molecule has 0 aliphatic heterocycles. The molecule has 108 valence electrons. The minimum atomic E-state index is -1.05. The van der Waals surface area contributed by atoms with Crippen molar-refractivity contribution in [1.29, 1.82) is 0 Å². The van der Waals surface area contributed by atoms with E-state index in [1.165, 1.54) is 0 Å². The SMILES string of the molecule is CC(C)(C)C(=O)NCC(C)(O)c1cc2ccccc2s1. The molecule has 0 aliphatic carbocycles. The van der Waals surface area contributed by atoms with Crippen LogP contribution in [0.4, 0.5) is 0 Å². The van der Waals surface area contributed by atoms with E-state index in [1.54, 1.807) is 18.3 Å². The fourth-order valence-corrected chi connectivity index (χ4v) is 2.96. The summed E-state index contributed by atoms with van der Waals surface area (Å²) in [5, 5.41) is 14.5. The van der Waals surface area contributed by atoms with Gasteiger partial charge in [-0.3, -0.25) is 4.79 Å². The van der Waals surface area contributed by atoms with Crippen LogP contribution in [0.5, 0.6) is 0 Å². The van der Waals surface area contributed by atoms with Crippen LogP contribution >= 0.6 is 11.3 Å². The van der Waals surface area contributed by atoms with Gasteiger partial charge in [0.25, 0.3) is 0 Å². The Labute approximate surface area is 123 Å². The van der Waals surface area contributed by atoms with Gasteiger partial charge in [0, 0.05) is 15.0 Å². The van der Waals surface area contributed by atoms with E-state index in [9.17, 15) is 9.90 Å². The second-order valence-electron chi connectivity index (χ2n) is 6.36. The second-order valence-corrected chi connectivity index (χ2v) is 7.44. The van der Waals surface area contributed by atoms with Gasteiger partial charge in [-0.1, -0.05) is 39.0 Å². The Kier molecular flexibility index (Phi) is 3.89. The predicted molar refractivity (Wildman–Crippen MR) is 83.9 cm³/mol. The van der Waals surface area contributed by atoms with Crippen LogP contribution in [0.1, 0.15) is 32.6 Å². The largest absolute Gasteiger partial charge is 0.383 e. The second kappa shape index (κ2) is 5.19. The van der Waals surface area contributed by atoms with Gasteiger partial charge in [-0.05, 0) is 24.4 Å². The maximum atomic E-state index is 11.9. The minimum absolute atomic E-state index is 0.0566. The van der Waals surface area contributed by atoms with Crippen molar-refractivity contribution in [2.24, 2.45) is 5.41 Å². The number of thiophene rings is 1. The zero-order valence-electron chi connectivity index (χ0n) is 12.4. The molecule has 1 aromatic heterocycles. The highest BCUT2D eigenvalue weighted by atomic mass is 32.1. The van der Waals surface area contributed by atoms with Gasteiger partial charge in [0.15, 0.2) is 0 Å². The maximum absolute atomic E-state index is 11.9. The molecule has 1 unspecified atom stereocenters. The molecular weight excluding hydrogens is 270 g/mol. The Morgan fingerprint density at radius 1 is 1.25 bits per heavy atom. The van der Waals surface area contributed by atoms with Crippen LogP contribution in [-0.4, -0.2) is 17.6 Å². The molecule has 1 amide bonds. The standard InChI is InChI=1S/C16H21NO2S/c1-15(2,3)14(18)17-10-16(4,19)13-9-11-7-5-6-8-12(11)20-13/h5-9,19H,10H2,1-4H3,(H,17,18). The number of aliphatic hydroxyl groups is 1. The van der Waals surface area contributed by atoms with Crippen LogP contribution in [0.15, 0.2) is 30.3 Å². The van der Waals surface area contributed by atoms with Gasteiger partial charge in [-0.2, -0.15) is 0 Å². The van der Waals surface area contributed by atoms with E-state index in [0.29, 0.717) is 0 Å². The summed E-state index contributed by atoms with van der Waals surface area (Å²) in [4.78, 5) is 12.8. The van der Waals surface area contributed by atoms with E-state index in [-0.39, 0.29) is 12.5 Å². The highest BCUT2D eigenvalue weighted by Crippen LogP contribution is 2.32. The first-order valence-corrected chi connectivity index (χ1v) is 7.51. The van der Waals surface area contributed by atoms with E-state index < -0.39 is 11.0 Å². The molecule has 0 saturated heterocycles. The topological polar surface area (TPSA) is 49.3 Å². The molecule has 0 spiro atoms. The van der Waals surface area contributed by atoms with Crippen molar-refractivity contribution in [3.05, 3.63) is 35.2 Å². The summed E-state index contributed by atoms with van der Waals surface area (Å²) in [6.07, 6.45) is 0. The number of hydrogen-bond acceptors (Lipinski definition) is 3. The summed E-state index contributed by atoms with van der Waals surface area (Å²) in [5.74, 6) is -0.0566. The Bertz CT molecular complexity index is 590. The van der Waals surface area contributed by atoms with Crippen LogP contribution in [0.2, 0.25) is 0 Å². The first-order valence-electron chi connectivity index (χ1n) is 6.70. The summed E-state index contributed by atoms with van der Waals surface area (Å²) < 4.78 is 1.14. The van der Waals surface area contributed by atoms with Crippen molar-refractivity contribution in [3.63, 3.8) is 0 Å². The number of nitrogens with one attached hydrogen (secondary N) is 1. The van der Waals surface area contributed by atoms with E-state index in [1.807, 2.05) is 51.1 Å².